The predicted octanol–water partition coefficient (Wildman–Crippen LogP) is 3.47. The van der Waals surface area contributed by atoms with Gasteiger partial charge in [-0.2, -0.15) is 5.26 Å². The van der Waals surface area contributed by atoms with Gasteiger partial charge in [-0.1, -0.05) is 18.2 Å². The molecule has 112 valence electrons. The Balaban J connectivity index is 2.13. The molecule has 0 saturated heterocycles. The van der Waals surface area contributed by atoms with Crippen LogP contribution in [0.3, 0.4) is 0 Å². The fourth-order valence-corrected chi connectivity index (χ4v) is 3.28. The molecule has 2 unspecified atom stereocenters. The summed E-state index contributed by atoms with van der Waals surface area (Å²) in [7, 11) is 1.66. The lowest BCUT2D eigenvalue weighted by atomic mass is 9.91. The number of benzene rings is 2. The van der Waals surface area contributed by atoms with Crippen LogP contribution in [0.1, 0.15) is 30.0 Å². The maximum atomic E-state index is 9.71. The standard InChI is InChI=1S/C18H19N3O/c1-3-21-17-10-14(22-2)7-8-15(17)16(11-19)18(21)12-5-4-6-13(20)9-12/h4-10,16,18H,3,20H2,1-2H3. The van der Waals surface area contributed by atoms with E-state index < -0.39 is 0 Å². The zero-order chi connectivity index (χ0) is 15.7. The molecular formula is C18H19N3O. The first-order chi connectivity index (χ1) is 10.7. The molecule has 22 heavy (non-hydrogen) atoms. The molecule has 0 fully saturated rings. The van der Waals surface area contributed by atoms with Crippen LogP contribution >= 0.6 is 0 Å². The topological polar surface area (TPSA) is 62.3 Å². The van der Waals surface area contributed by atoms with Gasteiger partial charge in [0, 0.05) is 24.0 Å². The van der Waals surface area contributed by atoms with E-state index in [1.54, 1.807) is 7.11 Å². The zero-order valence-electron chi connectivity index (χ0n) is 12.8. The predicted molar refractivity (Wildman–Crippen MR) is 88.0 cm³/mol. The highest BCUT2D eigenvalue weighted by molar-refractivity contribution is 5.67. The molecule has 4 nitrogen and oxygen atoms in total. The monoisotopic (exact) mass is 293 g/mol. The van der Waals surface area contributed by atoms with Crippen LogP contribution < -0.4 is 15.4 Å². The lowest BCUT2D eigenvalue weighted by Crippen LogP contribution is -2.26. The Morgan fingerprint density at radius 3 is 2.73 bits per heavy atom. The molecule has 2 aromatic carbocycles. The number of likely N-dealkylation sites (N-methyl/N-ethyl adjacent to an activating group) is 1. The molecule has 1 heterocycles. The molecule has 2 N–H and O–H groups in total. The van der Waals surface area contributed by atoms with E-state index in [0.29, 0.717) is 0 Å². The molecule has 0 aromatic heterocycles. The Hall–Kier alpha value is -2.67. The average molecular weight is 293 g/mol. The first-order valence-corrected chi connectivity index (χ1v) is 7.39. The summed E-state index contributed by atoms with van der Waals surface area (Å²) in [6, 6.07) is 16.2. The van der Waals surface area contributed by atoms with Crippen molar-refractivity contribution in [1.82, 2.24) is 0 Å². The fourth-order valence-electron chi connectivity index (χ4n) is 3.28. The normalized spacial score (nSPS) is 19.6. The summed E-state index contributed by atoms with van der Waals surface area (Å²) in [5.74, 6) is 0.602. The molecule has 0 bridgehead atoms. The molecule has 4 heteroatoms. The van der Waals surface area contributed by atoms with Crippen molar-refractivity contribution in [3.63, 3.8) is 0 Å². The van der Waals surface area contributed by atoms with Gasteiger partial charge in [-0.05, 0) is 36.2 Å². The minimum atomic E-state index is -0.206. The number of hydrogen-bond acceptors (Lipinski definition) is 4. The summed E-state index contributed by atoms with van der Waals surface area (Å²) in [6.45, 7) is 2.92. The van der Waals surface area contributed by atoms with Crippen molar-refractivity contribution >= 4 is 11.4 Å². The summed E-state index contributed by atoms with van der Waals surface area (Å²) in [5, 5.41) is 9.71. The summed E-state index contributed by atoms with van der Waals surface area (Å²) in [5.41, 5.74) is 9.85. The maximum Gasteiger partial charge on any atom is 0.120 e. The Morgan fingerprint density at radius 1 is 1.27 bits per heavy atom. The molecule has 2 aromatic rings. The van der Waals surface area contributed by atoms with Crippen LogP contribution in [0.4, 0.5) is 11.4 Å². The number of methoxy groups -OCH3 is 1. The highest BCUT2D eigenvalue weighted by Gasteiger charge is 2.39. The first kappa shape index (κ1) is 14.3. The summed E-state index contributed by atoms with van der Waals surface area (Å²) >= 11 is 0. The number of nitrogens with two attached hydrogens (primary N) is 1. The Labute approximate surface area is 130 Å². The van der Waals surface area contributed by atoms with Crippen LogP contribution in [0.25, 0.3) is 0 Å². The van der Waals surface area contributed by atoms with E-state index in [4.69, 9.17) is 10.5 Å². The van der Waals surface area contributed by atoms with E-state index in [0.717, 1.165) is 34.8 Å². The number of nitrogen functional groups attached to an aromatic ring is 1. The third kappa shape index (κ3) is 2.15. The molecule has 0 radical (unpaired) electrons. The van der Waals surface area contributed by atoms with Crippen molar-refractivity contribution < 1.29 is 4.74 Å². The fraction of sp³-hybridized carbons (Fsp3) is 0.278. The van der Waals surface area contributed by atoms with Gasteiger partial charge in [-0.25, -0.2) is 0 Å². The lowest BCUT2D eigenvalue weighted by molar-refractivity contribution is 0.415. The van der Waals surface area contributed by atoms with Gasteiger partial charge in [0.25, 0.3) is 0 Å². The van der Waals surface area contributed by atoms with Crippen LogP contribution in [0.15, 0.2) is 42.5 Å². The van der Waals surface area contributed by atoms with Crippen molar-refractivity contribution in [1.29, 1.82) is 5.26 Å². The van der Waals surface area contributed by atoms with Gasteiger partial charge in [0.05, 0.1) is 25.1 Å². The molecule has 0 saturated carbocycles. The van der Waals surface area contributed by atoms with Gasteiger partial charge in [0.2, 0.25) is 0 Å². The largest absolute Gasteiger partial charge is 0.497 e. The number of ether oxygens (including phenoxy) is 1. The minimum Gasteiger partial charge on any atom is -0.497 e. The van der Waals surface area contributed by atoms with Crippen molar-refractivity contribution in [2.45, 2.75) is 18.9 Å². The zero-order valence-corrected chi connectivity index (χ0v) is 12.8. The molecule has 1 aliphatic rings. The van der Waals surface area contributed by atoms with Gasteiger partial charge in [-0.15, -0.1) is 0 Å². The summed E-state index contributed by atoms with van der Waals surface area (Å²) in [6.07, 6.45) is 0. The summed E-state index contributed by atoms with van der Waals surface area (Å²) in [4.78, 5) is 2.25. The number of hydrogen-bond donors (Lipinski definition) is 1. The maximum absolute atomic E-state index is 9.71. The van der Waals surface area contributed by atoms with Crippen LogP contribution in [-0.4, -0.2) is 13.7 Å². The Bertz CT molecular complexity index is 735. The van der Waals surface area contributed by atoms with Gasteiger partial charge in [-0.3, -0.25) is 0 Å². The highest BCUT2D eigenvalue weighted by Crippen LogP contribution is 2.49. The second-order valence-corrected chi connectivity index (χ2v) is 5.43. The van der Waals surface area contributed by atoms with Gasteiger partial charge < -0.3 is 15.4 Å². The molecule has 0 amide bonds. The van der Waals surface area contributed by atoms with Gasteiger partial charge in [0.15, 0.2) is 0 Å². The first-order valence-electron chi connectivity index (χ1n) is 7.39. The lowest BCUT2D eigenvalue weighted by Gasteiger charge is -2.28. The summed E-state index contributed by atoms with van der Waals surface area (Å²) < 4.78 is 5.33. The Kier molecular flexibility index (Phi) is 3.64. The molecule has 0 spiro atoms. The van der Waals surface area contributed by atoms with Crippen LogP contribution in [-0.2, 0) is 0 Å². The number of nitriles is 1. The van der Waals surface area contributed by atoms with Crippen molar-refractivity contribution in [3.8, 4) is 11.8 Å². The number of rotatable bonds is 3. The van der Waals surface area contributed by atoms with Crippen molar-refractivity contribution in [2.24, 2.45) is 0 Å². The quantitative estimate of drug-likeness (QED) is 0.880. The third-order valence-electron chi connectivity index (χ3n) is 4.27. The van der Waals surface area contributed by atoms with Crippen molar-refractivity contribution in [3.05, 3.63) is 53.6 Å². The smallest absolute Gasteiger partial charge is 0.120 e. The number of fused-ring (bicyclic) bond motifs is 1. The van der Waals surface area contributed by atoms with Crippen LogP contribution in [0.5, 0.6) is 5.75 Å². The van der Waals surface area contributed by atoms with Crippen LogP contribution in [0.2, 0.25) is 0 Å². The average Bonchev–Trinajstić information content (AvgIpc) is 2.87. The van der Waals surface area contributed by atoms with E-state index >= 15 is 0 Å². The highest BCUT2D eigenvalue weighted by atomic mass is 16.5. The SMILES string of the molecule is CCN1c2cc(OC)ccc2C(C#N)C1c1cccc(N)c1. The van der Waals surface area contributed by atoms with E-state index in [2.05, 4.69) is 17.9 Å². The molecule has 0 aliphatic carbocycles. The van der Waals surface area contributed by atoms with Crippen molar-refractivity contribution in [2.75, 3.05) is 24.3 Å². The van der Waals surface area contributed by atoms with E-state index in [9.17, 15) is 5.26 Å². The number of nitrogens with zero attached hydrogens (tertiary/aromatic N) is 2. The van der Waals surface area contributed by atoms with E-state index in [1.807, 2.05) is 42.5 Å². The third-order valence-corrected chi connectivity index (χ3v) is 4.27. The van der Waals surface area contributed by atoms with Gasteiger partial charge >= 0.3 is 0 Å². The molecule has 1 aliphatic heterocycles. The van der Waals surface area contributed by atoms with E-state index in [-0.39, 0.29) is 12.0 Å². The minimum absolute atomic E-state index is 0.0133. The van der Waals surface area contributed by atoms with Gasteiger partial charge in [0.1, 0.15) is 5.75 Å². The number of anilines is 2. The molecule has 2 atom stereocenters. The van der Waals surface area contributed by atoms with E-state index in [1.165, 1.54) is 0 Å². The second kappa shape index (κ2) is 5.61. The molecule has 3 rings (SSSR count). The second-order valence-electron chi connectivity index (χ2n) is 5.43. The van der Waals surface area contributed by atoms with Crippen LogP contribution in [0, 0.1) is 11.3 Å². The molecular weight excluding hydrogens is 274 g/mol. The Morgan fingerprint density at radius 2 is 2.09 bits per heavy atom.